The number of hydrogen-bond donors (Lipinski definition) is 1. The van der Waals surface area contributed by atoms with Gasteiger partial charge in [0.15, 0.2) is 0 Å². The topological polar surface area (TPSA) is 12.0 Å². The Kier molecular flexibility index (Phi) is 3.47. The van der Waals surface area contributed by atoms with Gasteiger partial charge < -0.3 is 5.32 Å². The fraction of sp³-hybridized carbons (Fsp3) is 0.538. The van der Waals surface area contributed by atoms with Crippen LogP contribution in [0, 0.1) is 0 Å². The van der Waals surface area contributed by atoms with Crippen molar-refractivity contribution in [3.8, 4) is 0 Å². The van der Waals surface area contributed by atoms with Crippen LogP contribution in [0.4, 0.5) is 0 Å². The van der Waals surface area contributed by atoms with Crippen molar-refractivity contribution in [1.82, 2.24) is 5.32 Å². The lowest BCUT2D eigenvalue weighted by molar-refractivity contribution is 0.275. The molecule has 1 aliphatic carbocycles. The van der Waals surface area contributed by atoms with Gasteiger partial charge in [-0.25, -0.2) is 0 Å². The van der Waals surface area contributed by atoms with Crippen molar-refractivity contribution in [2.24, 2.45) is 0 Å². The highest BCUT2D eigenvalue weighted by Crippen LogP contribution is 2.37. The van der Waals surface area contributed by atoms with Crippen LogP contribution in [0.3, 0.4) is 0 Å². The third-order valence-electron chi connectivity index (χ3n) is 3.05. The van der Waals surface area contributed by atoms with Crippen molar-refractivity contribution < 1.29 is 0 Å². The Morgan fingerprint density at radius 3 is 2.33 bits per heavy atom. The number of halogens is 1. The number of rotatable bonds is 3. The molecule has 1 aliphatic rings. The Hall–Kier alpha value is -0.340. The zero-order chi connectivity index (χ0) is 10.8. The van der Waals surface area contributed by atoms with E-state index in [1.54, 1.807) is 0 Å². The van der Waals surface area contributed by atoms with Gasteiger partial charge in [0.1, 0.15) is 0 Å². The first-order chi connectivity index (χ1) is 7.15. The maximum absolute atomic E-state index is 3.58. The molecule has 0 atom stereocenters. The third kappa shape index (κ3) is 2.82. The first-order valence-electron chi connectivity index (χ1n) is 5.66. The van der Waals surface area contributed by atoms with E-state index in [4.69, 9.17) is 0 Å². The van der Waals surface area contributed by atoms with E-state index in [1.807, 2.05) is 0 Å². The van der Waals surface area contributed by atoms with Crippen LogP contribution in [-0.4, -0.2) is 12.1 Å². The van der Waals surface area contributed by atoms with Crippen LogP contribution in [0.25, 0.3) is 0 Å². The van der Waals surface area contributed by atoms with Gasteiger partial charge in [0.05, 0.1) is 0 Å². The van der Waals surface area contributed by atoms with Gasteiger partial charge in [-0.05, 0) is 36.5 Å². The van der Waals surface area contributed by atoms with Crippen LogP contribution < -0.4 is 5.32 Å². The average molecular weight is 268 g/mol. The van der Waals surface area contributed by atoms with Crippen molar-refractivity contribution in [3.63, 3.8) is 0 Å². The third-order valence-corrected chi connectivity index (χ3v) is 3.58. The van der Waals surface area contributed by atoms with E-state index in [-0.39, 0.29) is 0 Å². The van der Waals surface area contributed by atoms with Gasteiger partial charge in [0, 0.05) is 16.6 Å². The maximum Gasteiger partial charge on any atom is 0.0175 e. The van der Waals surface area contributed by atoms with E-state index >= 15 is 0 Å². The quantitative estimate of drug-likeness (QED) is 0.881. The second-order valence-corrected chi connectivity index (χ2v) is 5.65. The largest absolute Gasteiger partial charge is 0.312 e. The molecule has 15 heavy (non-hydrogen) atoms. The molecular weight excluding hydrogens is 250 g/mol. The average Bonchev–Trinajstić information content (AvgIpc) is 2.12. The predicted molar refractivity (Wildman–Crippen MR) is 68.2 cm³/mol. The highest BCUT2D eigenvalue weighted by atomic mass is 79.9. The van der Waals surface area contributed by atoms with E-state index in [0.29, 0.717) is 6.04 Å². The van der Waals surface area contributed by atoms with E-state index in [2.05, 4.69) is 59.4 Å². The molecule has 1 N–H and O–H groups in total. The molecular formula is C13H18BrN. The fourth-order valence-corrected chi connectivity index (χ4v) is 2.50. The SMILES string of the molecule is CC(C)NC1CC(c2ccc(Br)cc2)C1. The second-order valence-electron chi connectivity index (χ2n) is 4.74. The molecule has 0 amide bonds. The molecule has 0 heterocycles. The van der Waals surface area contributed by atoms with Gasteiger partial charge in [-0.15, -0.1) is 0 Å². The van der Waals surface area contributed by atoms with E-state index in [1.165, 1.54) is 22.9 Å². The highest BCUT2D eigenvalue weighted by molar-refractivity contribution is 9.10. The zero-order valence-electron chi connectivity index (χ0n) is 9.33. The molecule has 2 heteroatoms. The minimum atomic E-state index is 0.612. The molecule has 0 bridgehead atoms. The summed E-state index contributed by atoms with van der Waals surface area (Å²) in [5, 5.41) is 3.58. The summed E-state index contributed by atoms with van der Waals surface area (Å²) in [7, 11) is 0. The lowest BCUT2D eigenvalue weighted by Crippen LogP contribution is -2.43. The van der Waals surface area contributed by atoms with Crippen LogP contribution in [0.5, 0.6) is 0 Å². The lowest BCUT2D eigenvalue weighted by Gasteiger charge is -2.37. The Morgan fingerprint density at radius 2 is 1.80 bits per heavy atom. The number of hydrogen-bond acceptors (Lipinski definition) is 1. The molecule has 2 rings (SSSR count). The summed E-state index contributed by atoms with van der Waals surface area (Å²) in [6.45, 7) is 4.43. The Morgan fingerprint density at radius 1 is 1.20 bits per heavy atom. The standard InChI is InChI=1S/C13H18BrN/c1-9(2)15-13-7-11(8-13)10-3-5-12(14)6-4-10/h3-6,9,11,13,15H,7-8H2,1-2H3. The van der Waals surface area contributed by atoms with Gasteiger partial charge in [-0.2, -0.15) is 0 Å². The summed E-state index contributed by atoms with van der Waals surface area (Å²) in [5.41, 5.74) is 1.49. The Bertz CT molecular complexity index is 312. The monoisotopic (exact) mass is 267 g/mol. The summed E-state index contributed by atoms with van der Waals surface area (Å²) >= 11 is 3.47. The summed E-state index contributed by atoms with van der Waals surface area (Å²) in [6, 6.07) is 10.1. The molecule has 82 valence electrons. The fourth-order valence-electron chi connectivity index (χ4n) is 2.23. The molecule has 1 fully saturated rings. The van der Waals surface area contributed by atoms with Crippen LogP contribution in [0.15, 0.2) is 28.7 Å². The van der Waals surface area contributed by atoms with E-state index in [0.717, 1.165) is 12.0 Å². The highest BCUT2D eigenvalue weighted by Gasteiger charge is 2.30. The number of benzene rings is 1. The van der Waals surface area contributed by atoms with Gasteiger partial charge >= 0.3 is 0 Å². The summed E-state index contributed by atoms with van der Waals surface area (Å²) in [5.74, 6) is 0.773. The van der Waals surface area contributed by atoms with Crippen LogP contribution >= 0.6 is 15.9 Å². The molecule has 1 saturated carbocycles. The molecule has 0 aliphatic heterocycles. The van der Waals surface area contributed by atoms with Crippen molar-refractivity contribution >= 4 is 15.9 Å². The maximum atomic E-state index is 3.58. The first-order valence-corrected chi connectivity index (χ1v) is 6.46. The van der Waals surface area contributed by atoms with Crippen LogP contribution in [-0.2, 0) is 0 Å². The minimum absolute atomic E-state index is 0.612. The number of nitrogens with one attached hydrogen (secondary N) is 1. The molecule has 0 saturated heterocycles. The van der Waals surface area contributed by atoms with Crippen molar-refractivity contribution in [3.05, 3.63) is 34.3 Å². The van der Waals surface area contributed by atoms with Gasteiger partial charge in [-0.1, -0.05) is 41.9 Å². The first kappa shape index (κ1) is 11.2. The molecule has 1 aromatic carbocycles. The van der Waals surface area contributed by atoms with Crippen LogP contribution in [0.1, 0.15) is 38.2 Å². The molecule has 0 aromatic heterocycles. The van der Waals surface area contributed by atoms with E-state index in [9.17, 15) is 0 Å². The molecule has 1 nitrogen and oxygen atoms in total. The Balaban J connectivity index is 1.86. The summed E-state index contributed by atoms with van der Waals surface area (Å²) < 4.78 is 1.17. The van der Waals surface area contributed by atoms with Crippen molar-refractivity contribution in [2.45, 2.75) is 44.7 Å². The normalized spacial score (nSPS) is 25.3. The molecule has 0 spiro atoms. The lowest BCUT2D eigenvalue weighted by atomic mass is 9.75. The zero-order valence-corrected chi connectivity index (χ0v) is 10.9. The van der Waals surface area contributed by atoms with Gasteiger partial charge in [0.2, 0.25) is 0 Å². The molecule has 0 unspecified atom stereocenters. The molecule has 0 radical (unpaired) electrons. The van der Waals surface area contributed by atoms with Gasteiger partial charge in [-0.3, -0.25) is 0 Å². The van der Waals surface area contributed by atoms with Crippen LogP contribution in [0.2, 0.25) is 0 Å². The van der Waals surface area contributed by atoms with E-state index < -0.39 is 0 Å². The Labute approximate surface area is 100 Å². The second kappa shape index (κ2) is 4.67. The minimum Gasteiger partial charge on any atom is -0.312 e. The molecule has 1 aromatic rings. The summed E-state index contributed by atoms with van der Waals surface area (Å²) in [6.07, 6.45) is 2.58. The predicted octanol–water partition coefficient (Wildman–Crippen LogP) is 3.69. The van der Waals surface area contributed by atoms with Gasteiger partial charge in [0.25, 0.3) is 0 Å². The summed E-state index contributed by atoms with van der Waals surface area (Å²) in [4.78, 5) is 0. The van der Waals surface area contributed by atoms with Crippen molar-refractivity contribution in [2.75, 3.05) is 0 Å². The smallest absolute Gasteiger partial charge is 0.0175 e. The van der Waals surface area contributed by atoms with Crippen molar-refractivity contribution in [1.29, 1.82) is 0 Å².